The maximum absolute atomic E-state index is 13.7. The van der Waals surface area contributed by atoms with Gasteiger partial charge in [-0.05, 0) is 48.9 Å². The number of hydrogen-bond donors (Lipinski definition) is 1. The molecule has 0 aliphatic carbocycles. The SMILES string of the molecule is Cc1ccc(NC2=C(c3ccc(F)cc3)C(=O)N(c3ccc(F)c(F)c3)C2=O)cc1. The van der Waals surface area contributed by atoms with Gasteiger partial charge in [0.2, 0.25) is 0 Å². The third kappa shape index (κ3) is 3.45. The Morgan fingerprint density at radius 2 is 1.43 bits per heavy atom. The molecule has 0 aromatic heterocycles. The van der Waals surface area contributed by atoms with E-state index in [1.54, 1.807) is 12.1 Å². The maximum Gasteiger partial charge on any atom is 0.282 e. The highest BCUT2D eigenvalue weighted by molar-refractivity contribution is 6.46. The number of nitrogens with one attached hydrogen (secondary N) is 1. The summed E-state index contributed by atoms with van der Waals surface area (Å²) in [5, 5.41) is 2.94. The lowest BCUT2D eigenvalue weighted by molar-refractivity contribution is -0.120. The molecule has 30 heavy (non-hydrogen) atoms. The summed E-state index contributed by atoms with van der Waals surface area (Å²) in [7, 11) is 0. The van der Waals surface area contributed by atoms with E-state index in [4.69, 9.17) is 0 Å². The Labute approximate surface area is 170 Å². The first-order valence-corrected chi connectivity index (χ1v) is 9.03. The number of benzene rings is 3. The third-order valence-electron chi connectivity index (χ3n) is 4.70. The van der Waals surface area contributed by atoms with Gasteiger partial charge in [-0.25, -0.2) is 18.1 Å². The number of aryl methyl sites for hydroxylation is 1. The molecule has 4 rings (SSSR count). The predicted molar refractivity (Wildman–Crippen MR) is 107 cm³/mol. The molecule has 0 fully saturated rings. The van der Waals surface area contributed by atoms with Crippen LogP contribution in [0.2, 0.25) is 0 Å². The van der Waals surface area contributed by atoms with Gasteiger partial charge >= 0.3 is 0 Å². The number of hydrogen-bond acceptors (Lipinski definition) is 3. The summed E-state index contributed by atoms with van der Waals surface area (Å²) >= 11 is 0. The van der Waals surface area contributed by atoms with Crippen LogP contribution in [0.3, 0.4) is 0 Å². The van der Waals surface area contributed by atoms with Crippen molar-refractivity contribution >= 4 is 28.8 Å². The van der Waals surface area contributed by atoms with Gasteiger partial charge in [-0.3, -0.25) is 9.59 Å². The highest BCUT2D eigenvalue weighted by atomic mass is 19.2. The monoisotopic (exact) mass is 408 g/mol. The molecule has 1 aliphatic rings. The van der Waals surface area contributed by atoms with E-state index >= 15 is 0 Å². The second kappa shape index (κ2) is 7.51. The molecule has 0 spiro atoms. The molecule has 1 N–H and O–H groups in total. The molecule has 0 bridgehead atoms. The smallest absolute Gasteiger partial charge is 0.282 e. The van der Waals surface area contributed by atoms with E-state index in [-0.39, 0.29) is 17.0 Å². The van der Waals surface area contributed by atoms with Gasteiger partial charge in [-0.2, -0.15) is 0 Å². The lowest BCUT2D eigenvalue weighted by Crippen LogP contribution is -2.32. The number of nitrogens with zero attached hydrogens (tertiary/aromatic N) is 1. The Kier molecular flexibility index (Phi) is 4.87. The molecule has 0 atom stereocenters. The minimum absolute atomic E-state index is 0.00491. The summed E-state index contributed by atoms with van der Waals surface area (Å²) in [5.74, 6) is -4.24. The molecular formula is C23H15F3N2O2. The number of amides is 2. The molecule has 7 heteroatoms. The zero-order valence-electron chi connectivity index (χ0n) is 15.7. The molecule has 0 saturated heterocycles. The minimum Gasteiger partial charge on any atom is -0.350 e. The Bertz CT molecular complexity index is 1190. The molecular weight excluding hydrogens is 393 g/mol. The summed E-state index contributed by atoms with van der Waals surface area (Å²) < 4.78 is 40.5. The number of carbonyl (C=O) groups is 2. The Balaban J connectivity index is 1.82. The summed E-state index contributed by atoms with van der Waals surface area (Å²) in [6.07, 6.45) is 0. The summed E-state index contributed by atoms with van der Waals surface area (Å²) in [6.45, 7) is 1.90. The van der Waals surface area contributed by atoms with Crippen molar-refractivity contribution < 1.29 is 22.8 Å². The number of imide groups is 1. The Hall–Kier alpha value is -3.87. The van der Waals surface area contributed by atoms with Crippen LogP contribution in [0, 0.1) is 24.4 Å². The third-order valence-corrected chi connectivity index (χ3v) is 4.70. The molecule has 1 heterocycles. The standard InChI is InChI=1S/C23H15F3N2O2/c1-13-2-8-16(9-3-13)27-21-20(14-4-6-15(24)7-5-14)22(29)28(23(21)30)17-10-11-18(25)19(26)12-17/h2-12,27H,1H3. The Morgan fingerprint density at radius 1 is 0.767 bits per heavy atom. The molecule has 3 aromatic carbocycles. The van der Waals surface area contributed by atoms with E-state index in [9.17, 15) is 22.8 Å². The van der Waals surface area contributed by atoms with Crippen molar-refractivity contribution in [1.82, 2.24) is 0 Å². The van der Waals surface area contributed by atoms with Crippen molar-refractivity contribution in [1.29, 1.82) is 0 Å². The van der Waals surface area contributed by atoms with Crippen LogP contribution in [0.15, 0.2) is 72.4 Å². The zero-order chi connectivity index (χ0) is 21.4. The van der Waals surface area contributed by atoms with E-state index in [1.807, 2.05) is 19.1 Å². The first kappa shape index (κ1) is 19.4. The molecule has 150 valence electrons. The fourth-order valence-electron chi connectivity index (χ4n) is 3.17. The van der Waals surface area contributed by atoms with Crippen molar-refractivity contribution in [3.8, 4) is 0 Å². The van der Waals surface area contributed by atoms with Crippen LogP contribution in [0.25, 0.3) is 5.57 Å². The van der Waals surface area contributed by atoms with Crippen LogP contribution in [0.1, 0.15) is 11.1 Å². The van der Waals surface area contributed by atoms with E-state index in [0.717, 1.165) is 28.7 Å². The Morgan fingerprint density at radius 3 is 2.07 bits per heavy atom. The molecule has 0 saturated carbocycles. The lowest BCUT2D eigenvalue weighted by atomic mass is 10.0. The maximum atomic E-state index is 13.7. The van der Waals surface area contributed by atoms with Gasteiger partial charge in [0.25, 0.3) is 11.8 Å². The first-order chi connectivity index (χ1) is 14.3. The van der Waals surface area contributed by atoms with E-state index < -0.39 is 29.3 Å². The van der Waals surface area contributed by atoms with Crippen LogP contribution in [0.4, 0.5) is 24.5 Å². The molecule has 0 unspecified atom stereocenters. The summed E-state index contributed by atoms with van der Waals surface area (Å²) in [6, 6.07) is 15.0. The van der Waals surface area contributed by atoms with Gasteiger partial charge in [0.1, 0.15) is 11.5 Å². The normalized spacial score (nSPS) is 13.9. The minimum atomic E-state index is -1.18. The van der Waals surface area contributed by atoms with Crippen molar-refractivity contribution in [2.24, 2.45) is 0 Å². The summed E-state index contributed by atoms with van der Waals surface area (Å²) in [4.78, 5) is 27.0. The second-order valence-electron chi connectivity index (χ2n) is 6.79. The molecule has 1 aliphatic heterocycles. The summed E-state index contributed by atoms with van der Waals surface area (Å²) in [5.41, 5.74) is 1.73. The van der Waals surface area contributed by atoms with E-state index in [2.05, 4.69) is 5.32 Å². The quantitative estimate of drug-likeness (QED) is 0.631. The highest BCUT2D eigenvalue weighted by Crippen LogP contribution is 2.34. The highest BCUT2D eigenvalue weighted by Gasteiger charge is 2.40. The van der Waals surface area contributed by atoms with Crippen LogP contribution >= 0.6 is 0 Å². The molecule has 4 nitrogen and oxygen atoms in total. The topological polar surface area (TPSA) is 49.4 Å². The molecule has 2 amide bonds. The van der Waals surface area contributed by atoms with Crippen LogP contribution < -0.4 is 10.2 Å². The van der Waals surface area contributed by atoms with Crippen molar-refractivity contribution in [3.05, 3.63) is 101 Å². The van der Waals surface area contributed by atoms with E-state index in [0.29, 0.717) is 11.3 Å². The average molecular weight is 408 g/mol. The molecule has 0 radical (unpaired) electrons. The van der Waals surface area contributed by atoms with Crippen LogP contribution in [-0.2, 0) is 9.59 Å². The van der Waals surface area contributed by atoms with Gasteiger partial charge < -0.3 is 5.32 Å². The number of carbonyl (C=O) groups excluding carboxylic acids is 2. The zero-order valence-corrected chi connectivity index (χ0v) is 15.7. The second-order valence-corrected chi connectivity index (χ2v) is 6.79. The van der Waals surface area contributed by atoms with Gasteiger partial charge in [-0.15, -0.1) is 0 Å². The van der Waals surface area contributed by atoms with Crippen molar-refractivity contribution in [3.63, 3.8) is 0 Å². The number of rotatable bonds is 4. The van der Waals surface area contributed by atoms with Crippen molar-refractivity contribution in [2.45, 2.75) is 6.92 Å². The lowest BCUT2D eigenvalue weighted by Gasteiger charge is -2.15. The average Bonchev–Trinajstić information content (AvgIpc) is 2.96. The predicted octanol–water partition coefficient (Wildman–Crippen LogP) is 4.81. The van der Waals surface area contributed by atoms with Crippen molar-refractivity contribution in [2.75, 3.05) is 10.2 Å². The fraction of sp³-hybridized carbons (Fsp3) is 0.0435. The first-order valence-electron chi connectivity index (χ1n) is 9.03. The largest absolute Gasteiger partial charge is 0.350 e. The van der Waals surface area contributed by atoms with Gasteiger partial charge in [0, 0.05) is 11.8 Å². The molecule has 3 aromatic rings. The van der Waals surface area contributed by atoms with Gasteiger partial charge in [0.15, 0.2) is 11.6 Å². The van der Waals surface area contributed by atoms with Crippen LogP contribution in [-0.4, -0.2) is 11.8 Å². The number of halogens is 3. The van der Waals surface area contributed by atoms with Gasteiger partial charge in [0.05, 0.1) is 11.3 Å². The number of anilines is 2. The van der Waals surface area contributed by atoms with Crippen LogP contribution in [0.5, 0.6) is 0 Å². The van der Waals surface area contributed by atoms with E-state index in [1.165, 1.54) is 24.3 Å². The van der Waals surface area contributed by atoms with Gasteiger partial charge in [-0.1, -0.05) is 29.8 Å². The fourth-order valence-corrected chi connectivity index (χ4v) is 3.17.